The molecule has 6 heterocycles. The Morgan fingerprint density at radius 3 is 1.55 bits per heavy atom. The van der Waals surface area contributed by atoms with Gasteiger partial charge in [-0.1, -0.05) is 6.42 Å². The van der Waals surface area contributed by atoms with E-state index in [9.17, 15) is 105 Å². The van der Waals surface area contributed by atoms with Gasteiger partial charge in [0.05, 0.1) is 84.8 Å². The van der Waals surface area contributed by atoms with Gasteiger partial charge in [0.25, 0.3) is 0 Å². The predicted octanol–water partition coefficient (Wildman–Crippen LogP) is -9.18. The Kier molecular flexibility index (Phi) is 32.1. The molecule has 0 bridgehead atoms. The van der Waals surface area contributed by atoms with E-state index < -0.39 is 193 Å². The molecule has 0 aromatic heterocycles. The highest BCUT2D eigenvalue weighted by Gasteiger charge is 2.59. The minimum Gasteiger partial charge on any atom is -0.479 e. The zero-order chi connectivity index (χ0) is 70.6. The van der Waals surface area contributed by atoms with Crippen molar-refractivity contribution in [3.8, 4) is 0 Å². The van der Waals surface area contributed by atoms with Crippen molar-refractivity contribution in [2.45, 2.75) is 186 Å². The summed E-state index contributed by atoms with van der Waals surface area (Å²) in [6, 6.07) is -3.97. The lowest BCUT2D eigenvalue weighted by molar-refractivity contribution is -0.367. The number of aliphatic carboxylic acids is 2. The Morgan fingerprint density at radius 2 is 1.01 bits per heavy atom. The Morgan fingerprint density at radius 1 is 0.542 bits per heavy atom. The summed E-state index contributed by atoms with van der Waals surface area (Å²) in [5.41, 5.74) is 0. The number of carbonyl (C=O) groups is 7. The summed E-state index contributed by atoms with van der Waals surface area (Å²) < 4.78 is 143. The Hall–Kier alpha value is -4.58. The van der Waals surface area contributed by atoms with Gasteiger partial charge in [0.2, 0.25) is 23.6 Å². The summed E-state index contributed by atoms with van der Waals surface area (Å²) in [5, 5.41) is 113. The van der Waals surface area contributed by atoms with Gasteiger partial charge in [-0.2, -0.15) is 28.6 Å². The van der Waals surface area contributed by atoms with Crippen molar-refractivity contribution in [2.75, 3.05) is 91.5 Å². The van der Waals surface area contributed by atoms with Gasteiger partial charge in [-0.25, -0.2) is 22.7 Å². The number of amides is 6. The number of carboxylic acids is 2. The topological polar surface area (TPSA) is 612 Å². The quantitative estimate of drug-likeness (QED) is 0.0154. The molecule has 6 rings (SSSR count). The average molecular weight is 1450 g/mol. The molecule has 6 aliphatic heterocycles. The van der Waals surface area contributed by atoms with Crippen LogP contribution in [0.4, 0.5) is 4.79 Å². The number of urea groups is 1. The molecule has 0 aromatic carbocycles. The lowest BCUT2D eigenvalue weighted by atomic mass is 9.94. The molecule has 0 radical (unpaired) electrons. The van der Waals surface area contributed by atoms with Gasteiger partial charge in [-0.15, -0.1) is 0 Å². The third kappa shape index (κ3) is 24.1. The Labute approximate surface area is 552 Å². The van der Waals surface area contributed by atoms with Crippen LogP contribution in [0.5, 0.6) is 0 Å². The molecule has 42 nitrogen and oxygen atoms in total. The van der Waals surface area contributed by atoms with E-state index in [0.717, 1.165) is 38.9 Å². The number of rotatable bonds is 40. The first-order valence-electron chi connectivity index (χ1n) is 30.1. The Bertz CT molecular complexity index is 2770. The third-order valence-corrected chi connectivity index (χ3v) is 17.7. The predicted molar refractivity (Wildman–Crippen MR) is 311 cm³/mol. The van der Waals surface area contributed by atoms with Crippen molar-refractivity contribution in [1.29, 1.82) is 0 Å². The lowest BCUT2D eigenvalue weighted by Crippen LogP contribution is -2.71. The Balaban J connectivity index is 0.936. The number of hydrogen-bond acceptors (Lipinski definition) is 33. The van der Waals surface area contributed by atoms with E-state index in [0.29, 0.717) is 38.0 Å². The molecule has 6 aliphatic rings. The number of hydrogen-bond donors (Lipinski definition) is 17. The molecule has 6 amide bonds. The minimum atomic E-state index is -5.69. The summed E-state index contributed by atoms with van der Waals surface area (Å²) >= 11 is 1.84. The maximum absolute atomic E-state index is 12.8. The van der Waals surface area contributed by atoms with Crippen LogP contribution in [0.2, 0.25) is 0 Å². The second-order valence-corrected chi connectivity index (χ2v) is 25.7. The van der Waals surface area contributed by atoms with Crippen LogP contribution in [0, 0.1) is 0 Å². The van der Waals surface area contributed by atoms with Crippen LogP contribution in [0.25, 0.3) is 0 Å². The molecule has 6 saturated heterocycles. The first kappa shape index (κ1) is 80.4. The first-order valence-corrected chi connectivity index (χ1v) is 33.9. The molecule has 17 N–H and O–H groups in total. The van der Waals surface area contributed by atoms with Crippen LogP contribution < -0.4 is 31.9 Å². The smallest absolute Gasteiger partial charge is 0.397 e. The zero-order valence-electron chi connectivity index (χ0n) is 51.6. The molecule has 96 heavy (non-hydrogen) atoms. The molecular formula is C51H84N6O36S3. The fraction of sp³-hybridized carbons (Fsp3) is 0.863. The van der Waals surface area contributed by atoms with Crippen LogP contribution in [-0.2, 0) is 115 Å². The maximum Gasteiger partial charge on any atom is 0.397 e. The van der Waals surface area contributed by atoms with Crippen molar-refractivity contribution in [3.05, 3.63) is 0 Å². The summed E-state index contributed by atoms with van der Waals surface area (Å²) in [6.45, 7) is 0.531. The van der Waals surface area contributed by atoms with E-state index in [1.54, 1.807) is 0 Å². The van der Waals surface area contributed by atoms with Crippen LogP contribution in [0.15, 0.2) is 0 Å². The summed E-state index contributed by atoms with van der Waals surface area (Å²) in [4.78, 5) is 86.8. The highest BCUT2D eigenvalue weighted by molar-refractivity contribution is 8.00. The summed E-state index contributed by atoms with van der Waals surface area (Å²) in [6.07, 6.45) is -38.9. The number of thioether (sulfide) groups is 1. The number of carboxylic acid groups (broad SMARTS) is 2. The van der Waals surface area contributed by atoms with Crippen molar-refractivity contribution in [3.63, 3.8) is 0 Å². The van der Waals surface area contributed by atoms with Gasteiger partial charge >= 0.3 is 38.8 Å². The van der Waals surface area contributed by atoms with Crippen molar-refractivity contribution in [2.24, 2.45) is 0 Å². The van der Waals surface area contributed by atoms with Crippen molar-refractivity contribution >= 4 is 74.2 Å². The highest BCUT2D eigenvalue weighted by atomic mass is 32.3. The van der Waals surface area contributed by atoms with Crippen LogP contribution >= 0.6 is 11.8 Å². The second kappa shape index (κ2) is 38.3. The molecule has 0 aromatic rings. The van der Waals surface area contributed by atoms with E-state index in [4.69, 9.17) is 61.0 Å². The summed E-state index contributed by atoms with van der Waals surface area (Å²) in [7, 11) is -11.1. The summed E-state index contributed by atoms with van der Waals surface area (Å²) in [5.74, 6) is -5.71. The molecule has 6 fully saturated rings. The number of carbonyl (C=O) groups excluding carboxylic acids is 5. The van der Waals surface area contributed by atoms with Crippen molar-refractivity contribution < 1.29 is 171 Å². The SMILES string of the molecule is CC(=O)N[C@H]1[C@H](O[C@H]2[C@H](O)[C@@H](O)[C@H](O[C@@H]3[C@@H](NC(C)=O)[C@H](O[C@H]4[C@H](O)[C@@H](O)[C@H](OCCNC(=O)CCOCCOCCOCCOCCNC(=O)CCCC[C@@H]5SC[C@@H]6NC(=O)N[C@@H]65)O[C@@H]4C(=O)O)O[C@H](CO)[C@@H]3OS(=O)(=O)O)O[C@@H]2C(=O)O)O[C@H](CO)[C@H](OS(=O)(=O)O)[C@@H]1O. The van der Waals surface area contributed by atoms with E-state index in [2.05, 4.69) is 36.1 Å². The first-order chi connectivity index (χ1) is 45.4. The number of fused-ring (bicyclic) bond motifs is 1. The number of aliphatic hydroxyl groups is 7. The lowest BCUT2D eigenvalue weighted by Gasteiger charge is -2.50. The van der Waals surface area contributed by atoms with E-state index in [1.165, 1.54) is 0 Å². The molecular weight excluding hydrogens is 1370 g/mol. The second-order valence-electron chi connectivity index (χ2n) is 22.3. The fourth-order valence-electron chi connectivity index (χ4n) is 10.9. The van der Waals surface area contributed by atoms with Crippen LogP contribution in [0.1, 0.15) is 46.0 Å². The van der Waals surface area contributed by atoms with Crippen LogP contribution in [0.3, 0.4) is 0 Å². The number of ether oxygens (including phenoxy) is 12. The number of unbranched alkanes of at least 4 members (excludes halogenated alkanes) is 1. The molecule has 0 saturated carbocycles. The fourth-order valence-corrected chi connectivity index (χ4v) is 13.5. The molecule has 23 atom stereocenters. The zero-order valence-corrected chi connectivity index (χ0v) is 54.0. The van der Waals surface area contributed by atoms with Crippen LogP contribution in [-0.4, -0.2) is 345 Å². The van der Waals surface area contributed by atoms with Gasteiger partial charge in [0.15, 0.2) is 37.4 Å². The van der Waals surface area contributed by atoms with Gasteiger partial charge in [-0.05, 0) is 12.8 Å². The minimum absolute atomic E-state index is 0.0239. The molecule has 0 unspecified atom stereocenters. The van der Waals surface area contributed by atoms with Gasteiger partial charge < -0.3 is 135 Å². The molecule has 45 heteroatoms. The third-order valence-electron chi connectivity index (χ3n) is 15.3. The molecule has 552 valence electrons. The molecule has 0 spiro atoms. The average Bonchev–Trinajstić information content (AvgIpc) is 1.75. The monoisotopic (exact) mass is 1450 g/mol. The van der Waals surface area contributed by atoms with Crippen molar-refractivity contribution in [1.82, 2.24) is 31.9 Å². The van der Waals surface area contributed by atoms with Gasteiger partial charge in [0.1, 0.15) is 85.3 Å². The largest absolute Gasteiger partial charge is 0.479 e. The number of nitrogens with one attached hydrogen (secondary N) is 6. The maximum atomic E-state index is 12.8. The number of aliphatic hydroxyl groups excluding tert-OH is 7. The standard InChI is InChI=1S/C51H84N6O36S3/c1-22(60)54-31-33(64)38(92-95(74,75)76)25(19-58)85-47(31)88-42-35(66)37(68)50(91-44(42)46(71)72)87-40-32(55-23(2)61)48(86-26(20-59)39(40)93-96(77,78)79)89-41-34(65)36(67)49(90-43(41)45(69)70)84-12-9-53-29(63)7-10-80-13-15-82-17-18-83-16-14-81-11-8-52-28(62)6-4-3-5-27-30-24(21-94-27)56-51(73)57-30/h24-27,30-44,47-50,58-59,64-68H,3-21H2,1-2H3,(H,52,62)(H,53,63)(H,54,60)(H,55,61)(H,69,70)(H,71,72)(H2,56,57,73)(H,74,75,76)(H,77,78,79)/t24-,25+,26+,27-,30-,31+,32+,33+,34+,35+,36+,37+,38-,39-,40+,41-,42-,43-,44-,47-,48-,49+,50+/m0/s1. The van der Waals surface area contributed by atoms with Gasteiger partial charge in [-0.3, -0.25) is 28.3 Å². The van der Waals surface area contributed by atoms with E-state index in [1.807, 2.05) is 11.8 Å². The van der Waals surface area contributed by atoms with E-state index >= 15 is 0 Å². The van der Waals surface area contributed by atoms with E-state index in [-0.39, 0.29) is 70.0 Å². The normalized spacial score (nSPS) is 34.7. The molecule has 0 aliphatic carbocycles. The van der Waals surface area contributed by atoms with Gasteiger partial charge in [0, 0.05) is 50.8 Å². The highest BCUT2D eigenvalue weighted by Crippen LogP contribution is 2.37.